The van der Waals surface area contributed by atoms with E-state index in [2.05, 4.69) is 42.4 Å². The van der Waals surface area contributed by atoms with Crippen LogP contribution in [0.4, 0.5) is 5.69 Å². The SMILES string of the molecule is CCOc1ccc(N(C)CCNC2CC2)cc1C. The molecule has 100 valence electrons. The summed E-state index contributed by atoms with van der Waals surface area (Å²) in [6.07, 6.45) is 2.71. The van der Waals surface area contributed by atoms with Crippen molar-refractivity contribution in [3.63, 3.8) is 0 Å². The Labute approximate surface area is 110 Å². The van der Waals surface area contributed by atoms with Gasteiger partial charge in [0.25, 0.3) is 0 Å². The van der Waals surface area contributed by atoms with Crippen LogP contribution in [0.2, 0.25) is 0 Å². The molecular formula is C15H24N2O. The largest absolute Gasteiger partial charge is 0.494 e. The second kappa shape index (κ2) is 6.10. The van der Waals surface area contributed by atoms with Crippen molar-refractivity contribution in [1.29, 1.82) is 0 Å². The smallest absolute Gasteiger partial charge is 0.122 e. The molecule has 1 aliphatic carbocycles. The first-order chi connectivity index (χ1) is 8.70. The van der Waals surface area contributed by atoms with Crippen LogP contribution in [0.15, 0.2) is 18.2 Å². The highest BCUT2D eigenvalue weighted by Crippen LogP contribution is 2.24. The van der Waals surface area contributed by atoms with Gasteiger partial charge >= 0.3 is 0 Å². The van der Waals surface area contributed by atoms with Crippen molar-refractivity contribution in [2.75, 3.05) is 31.6 Å². The summed E-state index contributed by atoms with van der Waals surface area (Å²) in [4.78, 5) is 2.29. The van der Waals surface area contributed by atoms with E-state index in [1.807, 2.05) is 6.92 Å². The molecule has 1 N–H and O–H groups in total. The molecule has 0 atom stereocenters. The van der Waals surface area contributed by atoms with Gasteiger partial charge in [-0.1, -0.05) is 0 Å². The van der Waals surface area contributed by atoms with Crippen molar-refractivity contribution in [2.24, 2.45) is 0 Å². The quantitative estimate of drug-likeness (QED) is 0.802. The van der Waals surface area contributed by atoms with Gasteiger partial charge in [-0.3, -0.25) is 0 Å². The second-order valence-electron chi connectivity index (χ2n) is 5.03. The number of benzene rings is 1. The Morgan fingerprint density at radius 3 is 2.78 bits per heavy atom. The number of hydrogen-bond donors (Lipinski definition) is 1. The summed E-state index contributed by atoms with van der Waals surface area (Å²) in [6.45, 7) is 6.95. The van der Waals surface area contributed by atoms with Gasteiger partial charge in [-0.25, -0.2) is 0 Å². The number of ether oxygens (including phenoxy) is 1. The van der Waals surface area contributed by atoms with Crippen LogP contribution in [0.1, 0.15) is 25.3 Å². The van der Waals surface area contributed by atoms with Crippen molar-refractivity contribution in [1.82, 2.24) is 5.32 Å². The van der Waals surface area contributed by atoms with Crippen LogP contribution < -0.4 is 15.0 Å². The van der Waals surface area contributed by atoms with E-state index in [4.69, 9.17) is 4.74 Å². The van der Waals surface area contributed by atoms with Crippen LogP contribution in [0.3, 0.4) is 0 Å². The maximum absolute atomic E-state index is 5.56. The van der Waals surface area contributed by atoms with E-state index in [9.17, 15) is 0 Å². The van der Waals surface area contributed by atoms with Crippen molar-refractivity contribution in [2.45, 2.75) is 32.7 Å². The number of likely N-dealkylation sites (N-methyl/N-ethyl adjacent to an activating group) is 1. The van der Waals surface area contributed by atoms with Gasteiger partial charge in [0, 0.05) is 31.9 Å². The minimum Gasteiger partial charge on any atom is -0.494 e. The van der Waals surface area contributed by atoms with Crippen molar-refractivity contribution < 1.29 is 4.74 Å². The van der Waals surface area contributed by atoms with Crippen LogP contribution in [-0.4, -0.2) is 32.8 Å². The average Bonchev–Trinajstić information content (AvgIpc) is 3.16. The molecule has 1 saturated carbocycles. The summed E-state index contributed by atoms with van der Waals surface area (Å²) in [5, 5.41) is 3.54. The van der Waals surface area contributed by atoms with Crippen molar-refractivity contribution in [3.05, 3.63) is 23.8 Å². The second-order valence-corrected chi connectivity index (χ2v) is 5.03. The molecule has 0 bridgehead atoms. The summed E-state index contributed by atoms with van der Waals surface area (Å²) < 4.78 is 5.56. The fraction of sp³-hybridized carbons (Fsp3) is 0.600. The zero-order valence-electron chi connectivity index (χ0n) is 11.7. The van der Waals surface area contributed by atoms with Gasteiger partial charge in [-0.2, -0.15) is 0 Å². The lowest BCUT2D eigenvalue weighted by atomic mass is 10.2. The number of rotatable bonds is 7. The van der Waals surface area contributed by atoms with E-state index < -0.39 is 0 Å². The molecule has 0 radical (unpaired) electrons. The number of hydrogen-bond acceptors (Lipinski definition) is 3. The molecule has 0 spiro atoms. The molecule has 0 aromatic heterocycles. The third-order valence-corrected chi connectivity index (χ3v) is 3.36. The molecule has 3 heteroatoms. The zero-order chi connectivity index (χ0) is 13.0. The molecule has 1 aliphatic rings. The van der Waals surface area contributed by atoms with Crippen LogP contribution in [-0.2, 0) is 0 Å². The molecule has 0 heterocycles. The van der Waals surface area contributed by atoms with E-state index in [0.29, 0.717) is 0 Å². The molecule has 1 aromatic rings. The average molecular weight is 248 g/mol. The van der Waals surface area contributed by atoms with E-state index in [0.717, 1.165) is 31.5 Å². The zero-order valence-corrected chi connectivity index (χ0v) is 11.7. The number of nitrogens with zero attached hydrogens (tertiary/aromatic N) is 1. The Morgan fingerprint density at radius 1 is 1.39 bits per heavy atom. The lowest BCUT2D eigenvalue weighted by Gasteiger charge is -2.21. The van der Waals surface area contributed by atoms with Crippen molar-refractivity contribution in [3.8, 4) is 5.75 Å². The van der Waals surface area contributed by atoms with Gasteiger partial charge in [0.2, 0.25) is 0 Å². The standard InChI is InChI=1S/C15H24N2O/c1-4-18-15-8-7-14(11-12(15)2)17(3)10-9-16-13-5-6-13/h7-8,11,13,16H,4-6,9-10H2,1-3H3. The summed E-state index contributed by atoms with van der Waals surface area (Å²) in [5.41, 5.74) is 2.46. The van der Waals surface area contributed by atoms with E-state index in [1.165, 1.54) is 24.1 Å². The van der Waals surface area contributed by atoms with Gasteiger partial charge in [0.1, 0.15) is 5.75 Å². The molecule has 2 rings (SSSR count). The number of nitrogens with one attached hydrogen (secondary N) is 1. The summed E-state index contributed by atoms with van der Waals surface area (Å²) in [5.74, 6) is 0.991. The predicted molar refractivity (Wildman–Crippen MR) is 76.6 cm³/mol. The molecule has 3 nitrogen and oxygen atoms in total. The molecule has 0 unspecified atom stereocenters. The third-order valence-electron chi connectivity index (χ3n) is 3.36. The van der Waals surface area contributed by atoms with Gasteiger partial charge in [0.05, 0.1) is 6.61 Å². The van der Waals surface area contributed by atoms with Crippen LogP contribution in [0.25, 0.3) is 0 Å². The van der Waals surface area contributed by atoms with Crippen LogP contribution in [0.5, 0.6) is 5.75 Å². The summed E-state index contributed by atoms with van der Waals surface area (Å²) in [7, 11) is 2.14. The minimum atomic E-state index is 0.724. The molecule has 0 saturated heterocycles. The maximum Gasteiger partial charge on any atom is 0.122 e. The minimum absolute atomic E-state index is 0.724. The Balaban J connectivity index is 1.87. The van der Waals surface area contributed by atoms with Crippen LogP contribution >= 0.6 is 0 Å². The maximum atomic E-state index is 5.56. The Hall–Kier alpha value is -1.22. The van der Waals surface area contributed by atoms with Gasteiger partial charge < -0.3 is 15.0 Å². The highest BCUT2D eigenvalue weighted by Gasteiger charge is 2.19. The molecule has 0 aliphatic heterocycles. The summed E-state index contributed by atoms with van der Waals surface area (Å²) in [6, 6.07) is 7.19. The lowest BCUT2D eigenvalue weighted by molar-refractivity contribution is 0.338. The van der Waals surface area contributed by atoms with E-state index in [-0.39, 0.29) is 0 Å². The molecule has 1 aromatic carbocycles. The molecule has 1 fully saturated rings. The fourth-order valence-corrected chi connectivity index (χ4v) is 2.04. The number of aryl methyl sites for hydroxylation is 1. The first-order valence-corrected chi connectivity index (χ1v) is 6.88. The topological polar surface area (TPSA) is 24.5 Å². The monoisotopic (exact) mass is 248 g/mol. The fourth-order valence-electron chi connectivity index (χ4n) is 2.04. The van der Waals surface area contributed by atoms with Gasteiger partial charge in [-0.05, 0) is 50.5 Å². The van der Waals surface area contributed by atoms with Gasteiger partial charge in [0.15, 0.2) is 0 Å². The van der Waals surface area contributed by atoms with Gasteiger partial charge in [-0.15, -0.1) is 0 Å². The van der Waals surface area contributed by atoms with E-state index in [1.54, 1.807) is 0 Å². The third kappa shape index (κ3) is 3.64. The number of anilines is 1. The Morgan fingerprint density at radius 2 is 2.17 bits per heavy atom. The normalized spacial score (nSPS) is 14.6. The van der Waals surface area contributed by atoms with Crippen LogP contribution in [0, 0.1) is 6.92 Å². The van der Waals surface area contributed by atoms with Crippen molar-refractivity contribution >= 4 is 5.69 Å². The highest BCUT2D eigenvalue weighted by atomic mass is 16.5. The van der Waals surface area contributed by atoms with E-state index >= 15 is 0 Å². The Kier molecular flexibility index (Phi) is 4.48. The molecule has 0 amide bonds. The first kappa shape index (κ1) is 13.2. The highest BCUT2D eigenvalue weighted by molar-refractivity contribution is 5.52. The Bertz CT molecular complexity index is 388. The predicted octanol–water partition coefficient (Wildman–Crippen LogP) is 2.58. The summed E-state index contributed by atoms with van der Waals surface area (Å²) >= 11 is 0. The molecule has 18 heavy (non-hydrogen) atoms. The molecular weight excluding hydrogens is 224 g/mol. The first-order valence-electron chi connectivity index (χ1n) is 6.88. The lowest BCUT2D eigenvalue weighted by Crippen LogP contribution is -2.30.